The molecule has 1 aromatic carbocycles. The average Bonchev–Trinajstić information content (AvgIpc) is 2.81. The lowest BCUT2D eigenvalue weighted by atomic mass is 10.3. The zero-order chi connectivity index (χ0) is 13.7. The minimum absolute atomic E-state index is 0.0543. The van der Waals surface area contributed by atoms with Gasteiger partial charge < -0.3 is 15.8 Å². The smallest absolute Gasteiger partial charge is 0.258 e. The van der Waals surface area contributed by atoms with E-state index in [0.29, 0.717) is 22.4 Å². The monoisotopic (exact) mass is 297 g/mol. The molecule has 2 aromatic rings. The number of hydrogen-bond donors (Lipinski definition) is 2. The van der Waals surface area contributed by atoms with Crippen molar-refractivity contribution in [1.82, 2.24) is 10.3 Å². The molecule has 19 heavy (non-hydrogen) atoms. The summed E-state index contributed by atoms with van der Waals surface area (Å²) in [7, 11) is 0. The Bertz CT molecular complexity index is 556. The van der Waals surface area contributed by atoms with Crippen molar-refractivity contribution in [2.45, 2.75) is 6.54 Å². The number of nitrogens with one attached hydrogen (secondary N) is 1. The second-order valence-electron chi connectivity index (χ2n) is 3.70. The van der Waals surface area contributed by atoms with Gasteiger partial charge >= 0.3 is 0 Å². The number of aromatic nitrogens is 1. The number of thiazole rings is 1. The van der Waals surface area contributed by atoms with Gasteiger partial charge in [-0.25, -0.2) is 4.98 Å². The Morgan fingerprint density at radius 1 is 1.42 bits per heavy atom. The average molecular weight is 298 g/mol. The number of nitrogen functional groups attached to an aromatic ring is 1. The third-order valence-corrected chi connectivity index (χ3v) is 3.19. The van der Waals surface area contributed by atoms with Crippen LogP contribution in [0.15, 0.2) is 29.6 Å². The zero-order valence-corrected chi connectivity index (χ0v) is 11.5. The van der Waals surface area contributed by atoms with Crippen molar-refractivity contribution in [3.05, 3.63) is 40.4 Å². The zero-order valence-electron chi connectivity index (χ0n) is 9.93. The Morgan fingerprint density at radius 3 is 2.79 bits per heavy atom. The van der Waals surface area contributed by atoms with Crippen molar-refractivity contribution >= 4 is 34.0 Å². The number of amides is 1. The van der Waals surface area contributed by atoms with Crippen LogP contribution >= 0.6 is 22.9 Å². The molecule has 0 saturated carbocycles. The van der Waals surface area contributed by atoms with Gasteiger partial charge in [0.1, 0.15) is 5.75 Å². The molecule has 5 nitrogen and oxygen atoms in total. The SMILES string of the molecule is Nc1nc(CNC(=O)COc2ccc(Cl)cc2)cs1. The molecular formula is C12H12ClN3O2S. The first-order valence-corrected chi connectivity index (χ1v) is 6.74. The highest BCUT2D eigenvalue weighted by molar-refractivity contribution is 7.13. The van der Waals surface area contributed by atoms with Crippen molar-refractivity contribution in [3.63, 3.8) is 0 Å². The number of anilines is 1. The fraction of sp³-hybridized carbons (Fsp3) is 0.167. The van der Waals surface area contributed by atoms with Crippen LogP contribution in [0.25, 0.3) is 0 Å². The third kappa shape index (κ3) is 4.42. The van der Waals surface area contributed by atoms with Crippen LogP contribution in [0.4, 0.5) is 5.13 Å². The Labute approximate surface area is 119 Å². The Balaban J connectivity index is 1.74. The van der Waals surface area contributed by atoms with E-state index in [1.807, 2.05) is 0 Å². The van der Waals surface area contributed by atoms with E-state index >= 15 is 0 Å². The van der Waals surface area contributed by atoms with Crippen molar-refractivity contribution in [2.24, 2.45) is 0 Å². The lowest BCUT2D eigenvalue weighted by Gasteiger charge is -2.06. The lowest BCUT2D eigenvalue weighted by molar-refractivity contribution is -0.123. The molecule has 0 bridgehead atoms. The van der Waals surface area contributed by atoms with E-state index in [2.05, 4.69) is 10.3 Å². The third-order valence-electron chi connectivity index (χ3n) is 2.22. The quantitative estimate of drug-likeness (QED) is 0.886. The summed E-state index contributed by atoms with van der Waals surface area (Å²) in [6, 6.07) is 6.81. The summed E-state index contributed by atoms with van der Waals surface area (Å²) in [5.41, 5.74) is 6.23. The van der Waals surface area contributed by atoms with Gasteiger partial charge in [-0.05, 0) is 24.3 Å². The number of benzene rings is 1. The van der Waals surface area contributed by atoms with Gasteiger partial charge in [-0.15, -0.1) is 11.3 Å². The standard InChI is InChI=1S/C12H12ClN3O2S/c13-8-1-3-10(4-2-8)18-6-11(17)15-5-9-7-19-12(14)16-9/h1-4,7H,5-6H2,(H2,14,16)(H,15,17). The number of carbonyl (C=O) groups is 1. The molecule has 0 aliphatic heterocycles. The van der Waals surface area contributed by atoms with Crippen LogP contribution in [0, 0.1) is 0 Å². The number of nitrogens with zero attached hydrogens (tertiary/aromatic N) is 1. The molecule has 0 saturated heterocycles. The van der Waals surface area contributed by atoms with Crippen LogP contribution in [0.3, 0.4) is 0 Å². The maximum atomic E-state index is 11.5. The molecule has 0 unspecified atom stereocenters. The van der Waals surface area contributed by atoms with Crippen LogP contribution in [-0.4, -0.2) is 17.5 Å². The molecule has 0 radical (unpaired) electrons. The van der Waals surface area contributed by atoms with Crippen molar-refractivity contribution < 1.29 is 9.53 Å². The first-order valence-electron chi connectivity index (χ1n) is 5.48. The minimum atomic E-state index is -0.221. The van der Waals surface area contributed by atoms with E-state index in [0.717, 1.165) is 5.69 Å². The predicted octanol–water partition coefficient (Wildman–Crippen LogP) is 2.07. The number of carbonyl (C=O) groups excluding carboxylic acids is 1. The summed E-state index contributed by atoms with van der Waals surface area (Å²) in [5.74, 6) is 0.374. The van der Waals surface area contributed by atoms with Gasteiger partial charge in [-0.1, -0.05) is 11.6 Å². The van der Waals surface area contributed by atoms with Crippen molar-refractivity contribution in [2.75, 3.05) is 12.3 Å². The number of ether oxygens (including phenoxy) is 1. The summed E-state index contributed by atoms with van der Waals surface area (Å²) in [5, 5.41) is 5.60. The molecule has 100 valence electrons. The fourth-order valence-corrected chi connectivity index (χ4v) is 2.01. The van der Waals surface area contributed by atoms with Crippen LogP contribution in [0.1, 0.15) is 5.69 Å². The first-order chi connectivity index (χ1) is 9.13. The second-order valence-corrected chi connectivity index (χ2v) is 5.02. The molecule has 0 aliphatic rings. The highest BCUT2D eigenvalue weighted by atomic mass is 35.5. The summed E-state index contributed by atoms with van der Waals surface area (Å²) < 4.78 is 5.30. The number of halogens is 1. The van der Waals surface area contributed by atoms with Gasteiger partial charge in [0.05, 0.1) is 12.2 Å². The number of nitrogens with two attached hydrogens (primary N) is 1. The predicted molar refractivity (Wildman–Crippen MR) is 75.3 cm³/mol. The summed E-state index contributed by atoms with van der Waals surface area (Å²) >= 11 is 7.08. The Hall–Kier alpha value is -1.79. The molecule has 7 heteroatoms. The Morgan fingerprint density at radius 2 is 2.16 bits per heavy atom. The van der Waals surface area contributed by atoms with Crippen molar-refractivity contribution in [3.8, 4) is 5.75 Å². The van der Waals surface area contributed by atoms with Crippen LogP contribution in [0.2, 0.25) is 5.02 Å². The maximum Gasteiger partial charge on any atom is 0.258 e. The van der Waals surface area contributed by atoms with Crippen molar-refractivity contribution in [1.29, 1.82) is 0 Å². The number of rotatable bonds is 5. The molecule has 0 fully saturated rings. The minimum Gasteiger partial charge on any atom is -0.484 e. The highest BCUT2D eigenvalue weighted by Crippen LogP contribution is 2.15. The van der Waals surface area contributed by atoms with E-state index < -0.39 is 0 Å². The summed E-state index contributed by atoms with van der Waals surface area (Å²) in [4.78, 5) is 15.6. The molecule has 1 heterocycles. The normalized spacial score (nSPS) is 10.2. The van der Waals surface area contributed by atoms with Gasteiger partial charge in [-0.2, -0.15) is 0 Å². The molecule has 0 aliphatic carbocycles. The fourth-order valence-electron chi connectivity index (χ4n) is 1.32. The van der Waals surface area contributed by atoms with Crippen LogP contribution in [-0.2, 0) is 11.3 Å². The largest absolute Gasteiger partial charge is 0.484 e. The van der Waals surface area contributed by atoms with Gasteiger partial charge in [0, 0.05) is 10.4 Å². The topological polar surface area (TPSA) is 77.2 Å². The van der Waals surface area contributed by atoms with Gasteiger partial charge in [0.2, 0.25) is 0 Å². The molecule has 3 N–H and O–H groups in total. The van der Waals surface area contributed by atoms with E-state index in [1.54, 1.807) is 29.6 Å². The number of hydrogen-bond acceptors (Lipinski definition) is 5. The molecule has 1 aromatic heterocycles. The van der Waals surface area contributed by atoms with Gasteiger partial charge in [-0.3, -0.25) is 4.79 Å². The molecule has 0 atom stereocenters. The molecule has 2 rings (SSSR count). The van der Waals surface area contributed by atoms with E-state index in [-0.39, 0.29) is 12.5 Å². The van der Waals surface area contributed by atoms with E-state index in [1.165, 1.54) is 11.3 Å². The molecule has 1 amide bonds. The maximum absolute atomic E-state index is 11.5. The summed E-state index contributed by atoms with van der Waals surface area (Å²) in [6.45, 7) is 0.289. The van der Waals surface area contributed by atoms with Crippen LogP contribution in [0.5, 0.6) is 5.75 Å². The molecule has 0 spiro atoms. The highest BCUT2D eigenvalue weighted by Gasteiger charge is 2.04. The van der Waals surface area contributed by atoms with E-state index in [4.69, 9.17) is 22.1 Å². The molecular weight excluding hydrogens is 286 g/mol. The Kier molecular flexibility index (Phi) is 4.59. The van der Waals surface area contributed by atoms with Crippen LogP contribution < -0.4 is 15.8 Å². The lowest BCUT2D eigenvalue weighted by Crippen LogP contribution is -2.28. The summed E-state index contributed by atoms with van der Waals surface area (Å²) in [6.07, 6.45) is 0. The first kappa shape index (κ1) is 13.6. The van der Waals surface area contributed by atoms with E-state index in [9.17, 15) is 4.79 Å². The second kappa shape index (κ2) is 6.40. The van der Waals surface area contributed by atoms with Gasteiger partial charge in [0.15, 0.2) is 11.7 Å². The van der Waals surface area contributed by atoms with Gasteiger partial charge in [0.25, 0.3) is 5.91 Å².